The highest BCUT2D eigenvalue weighted by atomic mass is 16.2. The molecule has 0 aromatic heterocycles. The number of rotatable bonds is 9. The second-order valence-electron chi connectivity index (χ2n) is 9.98. The van der Waals surface area contributed by atoms with Crippen molar-refractivity contribution in [2.75, 3.05) is 18.9 Å². The summed E-state index contributed by atoms with van der Waals surface area (Å²) in [5.74, 6) is -1.25. The number of benzene rings is 1. The number of piperidine rings is 1. The molecule has 1 saturated heterocycles. The van der Waals surface area contributed by atoms with Gasteiger partial charge in [0.1, 0.15) is 6.04 Å². The lowest BCUT2D eigenvalue weighted by atomic mass is 9.73. The van der Waals surface area contributed by atoms with Gasteiger partial charge in [0, 0.05) is 25.7 Å². The molecule has 7 heteroatoms. The number of imide groups is 1. The van der Waals surface area contributed by atoms with Gasteiger partial charge in [-0.2, -0.15) is 0 Å². The third-order valence-corrected chi connectivity index (χ3v) is 6.12. The topological polar surface area (TPSA) is 95.6 Å². The molecule has 0 spiro atoms. The molecule has 7 nitrogen and oxygen atoms in total. The van der Waals surface area contributed by atoms with Crippen LogP contribution < -0.4 is 10.6 Å². The first-order valence-corrected chi connectivity index (χ1v) is 10.8. The quantitative estimate of drug-likeness (QED) is 0.462. The van der Waals surface area contributed by atoms with E-state index in [-0.39, 0.29) is 40.7 Å². The van der Waals surface area contributed by atoms with Crippen molar-refractivity contribution in [1.29, 1.82) is 0 Å². The molecule has 3 amide bonds. The van der Waals surface area contributed by atoms with Gasteiger partial charge in [-0.25, -0.2) is 0 Å². The van der Waals surface area contributed by atoms with Crippen molar-refractivity contribution < 1.29 is 19.2 Å². The van der Waals surface area contributed by atoms with E-state index in [4.69, 9.17) is 0 Å². The maximum absolute atomic E-state index is 13.1. The summed E-state index contributed by atoms with van der Waals surface area (Å²) in [5.41, 5.74) is 1.31. The zero-order chi connectivity index (χ0) is 23.4. The van der Waals surface area contributed by atoms with Crippen molar-refractivity contribution in [1.82, 2.24) is 10.2 Å². The fraction of sp³-hybridized carbons (Fsp3) is 0.583. The Labute approximate surface area is 185 Å². The lowest BCUT2D eigenvalue weighted by molar-refractivity contribution is -0.136. The Morgan fingerprint density at radius 1 is 1.23 bits per heavy atom. The fourth-order valence-corrected chi connectivity index (χ4v) is 4.23. The number of likely N-dealkylation sites (N-methyl/N-ethyl adjacent to an activating group) is 1. The SMILES string of the molecule is CCC(C)(C)CC(C)(C)CNc1cccc(C(=O)N(C)C2CCC(=O)NC2=O)c1C=O. The van der Waals surface area contributed by atoms with Crippen LogP contribution in [-0.4, -0.2) is 48.5 Å². The van der Waals surface area contributed by atoms with E-state index >= 15 is 0 Å². The van der Waals surface area contributed by atoms with Crippen LogP contribution in [0.2, 0.25) is 0 Å². The van der Waals surface area contributed by atoms with Gasteiger partial charge in [0.25, 0.3) is 5.91 Å². The van der Waals surface area contributed by atoms with E-state index in [0.29, 0.717) is 18.5 Å². The second-order valence-corrected chi connectivity index (χ2v) is 9.98. The normalized spacial score (nSPS) is 17.2. The van der Waals surface area contributed by atoms with Crippen molar-refractivity contribution in [2.45, 2.75) is 66.3 Å². The number of carbonyl (C=O) groups excluding carboxylic acids is 4. The van der Waals surface area contributed by atoms with Crippen LogP contribution in [0.5, 0.6) is 0 Å². The summed E-state index contributed by atoms with van der Waals surface area (Å²) in [7, 11) is 1.52. The summed E-state index contributed by atoms with van der Waals surface area (Å²) in [4.78, 5) is 49.9. The van der Waals surface area contributed by atoms with Gasteiger partial charge in [-0.3, -0.25) is 24.5 Å². The number of nitrogens with one attached hydrogen (secondary N) is 2. The smallest absolute Gasteiger partial charge is 0.255 e. The Balaban J connectivity index is 2.21. The molecular formula is C24H35N3O4. The van der Waals surface area contributed by atoms with Gasteiger partial charge in [0.15, 0.2) is 6.29 Å². The first kappa shape index (κ1) is 24.6. The van der Waals surface area contributed by atoms with Gasteiger partial charge >= 0.3 is 0 Å². The molecule has 0 radical (unpaired) electrons. The van der Waals surface area contributed by atoms with Crippen molar-refractivity contribution in [2.24, 2.45) is 10.8 Å². The van der Waals surface area contributed by atoms with Crippen molar-refractivity contribution >= 4 is 29.7 Å². The van der Waals surface area contributed by atoms with Crippen LogP contribution in [0.25, 0.3) is 0 Å². The molecular weight excluding hydrogens is 394 g/mol. The molecule has 1 aliphatic heterocycles. The number of nitrogens with zero attached hydrogens (tertiary/aromatic N) is 1. The zero-order valence-electron chi connectivity index (χ0n) is 19.5. The van der Waals surface area contributed by atoms with E-state index in [0.717, 1.165) is 12.8 Å². The number of amides is 3. The molecule has 0 aliphatic carbocycles. The molecule has 1 aromatic rings. The lowest BCUT2D eigenvalue weighted by Gasteiger charge is -2.35. The summed E-state index contributed by atoms with van der Waals surface area (Å²) < 4.78 is 0. The van der Waals surface area contributed by atoms with Crippen LogP contribution in [0.3, 0.4) is 0 Å². The minimum Gasteiger partial charge on any atom is -0.384 e. The number of anilines is 1. The molecule has 0 saturated carbocycles. The van der Waals surface area contributed by atoms with Crippen LogP contribution >= 0.6 is 0 Å². The lowest BCUT2D eigenvalue weighted by Crippen LogP contribution is -2.53. The molecule has 1 unspecified atom stereocenters. The molecule has 1 heterocycles. The molecule has 2 rings (SSSR count). The number of hydrogen-bond acceptors (Lipinski definition) is 5. The highest BCUT2D eigenvalue weighted by Gasteiger charge is 2.33. The van der Waals surface area contributed by atoms with E-state index < -0.39 is 17.9 Å². The van der Waals surface area contributed by atoms with Crippen LogP contribution in [0.15, 0.2) is 18.2 Å². The van der Waals surface area contributed by atoms with E-state index in [9.17, 15) is 19.2 Å². The molecule has 31 heavy (non-hydrogen) atoms. The van der Waals surface area contributed by atoms with Crippen molar-refractivity contribution in [3.63, 3.8) is 0 Å². The Morgan fingerprint density at radius 3 is 2.48 bits per heavy atom. The van der Waals surface area contributed by atoms with E-state index in [1.165, 1.54) is 11.9 Å². The van der Waals surface area contributed by atoms with Gasteiger partial charge in [-0.1, -0.05) is 47.1 Å². The Kier molecular flexibility index (Phi) is 7.63. The third-order valence-electron chi connectivity index (χ3n) is 6.12. The summed E-state index contributed by atoms with van der Waals surface area (Å²) >= 11 is 0. The number of aldehydes is 1. The zero-order valence-corrected chi connectivity index (χ0v) is 19.5. The molecule has 2 N–H and O–H groups in total. The van der Waals surface area contributed by atoms with Gasteiger partial charge in [-0.05, 0) is 35.8 Å². The van der Waals surface area contributed by atoms with Crippen LogP contribution in [-0.2, 0) is 9.59 Å². The molecule has 1 aliphatic rings. The fourth-order valence-electron chi connectivity index (χ4n) is 4.23. The van der Waals surface area contributed by atoms with Gasteiger partial charge < -0.3 is 10.2 Å². The predicted octanol–water partition coefficient (Wildman–Crippen LogP) is 3.64. The Bertz CT molecular complexity index is 860. The summed E-state index contributed by atoms with van der Waals surface area (Å²) in [6, 6.07) is 4.36. The summed E-state index contributed by atoms with van der Waals surface area (Å²) in [6.45, 7) is 11.7. The number of carbonyl (C=O) groups is 4. The van der Waals surface area contributed by atoms with Crippen LogP contribution in [0.4, 0.5) is 5.69 Å². The van der Waals surface area contributed by atoms with Crippen LogP contribution in [0, 0.1) is 10.8 Å². The molecule has 1 atom stereocenters. The molecule has 0 bridgehead atoms. The van der Waals surface area contributed by atoms with Crippen molar-refractivity contribution in [3.8, 4) is 0 Å². The Hall–Kier alpha value is -2.70. The first-order valence-electron chi connectivity index (χ1n) is 10.8. The van der Waals surface area contributed by atoms with E-state index in [1.54, 1.807) is 18.2 Å². The minimum absolute atomic E-state index is 0.0107. The van der Waals surface area contributed by atoms with Gasteiger partial charge in [-0.15, -0.1) is 0 Å². The number of hydrogen-bond donors (Lipinski definition) is 2. The predicted molar refractivity (Wildman–Crippen MR) is 121 cm³/mol. The molecule has 1 aromatic carbocycles. The minimum atomic E-state index is -0.739. The Morgan fingerprint density at radius 2 is 1.90 bits per heavy atom. The third kappa shape index (κ3) is 6.15. The van der Waals surface area contributed by atoms with Gasteiger partial charge in [0.2, 0.25) is 11.8 Å². The monoisotopic (exact) mass is 429 g/mol. The van der Waals surface area contributed by atoms with Crippen LogP contribution in [0.1, 0.15) is 81.0 Å². The second kappa shape index (κ2) is 9.62. The highest BCUT2D eigenvalue weighted by Crippen LogP contribution is 2.36. The van der Waals surface area contributed by atoms with E-state index in [1.807, 2.05) is 0 Å². The van der Waals surface area contributed by atoms with E-state index in [2.05, 4.69) is 45.3 Å². The molecule has 170 valence electrons. The summed E-state index contributed by atoms with van der Waals surface area (Å²) in [5, 5.41) is 5.62. The average Bonchev–Trinajstić information content (AvgIpc) is 2.70. The maximum Gasteiger partial charge on any atom is 0.255 e. The standard InChI is InChI=1S/C24H35N3O4/c1-7-23(2,3)14-24(4,5)15-25-18-10-8-9-16(17(18)13-28)22(31)27(6)19-11-12-20(29)26-21(19)30/h8-10,13,19,25H,7,11-12,14-15H2,1-6H3,(H,26,29,30). The highest BCUT2D eigenvalue weighted by molar-refractivity contribution is 6.07. The van der Waals surface area contributed by atoms with Gasteiger partial charge in [0.05, 0.1) is 11.1 Å². The average molecular weight is 430 g/mol. The largest absolute Gasteiger partial charge is 0.384 e. The van der Waals surface area contributed by atoms with Crippen molar-refractivity contribution in [3.05, 3.63) is 29.3 Å². The maximum atomic E-state index is 13.1. The summed E-state index contributed by atoms with van der Waals surface area (Å²) in [6.07, 6.45) is 3.21. The molecule has 1 fully saturated rings. The first-order chi connectivity index (χ1) is 14.4.